The van der Waals surface area contributed by atoms with Crippen LogP contribution in [0.4, 0.5) is 5.69 Å². The Morgan fingerprint density at radius 1 is 1.12 bits per heavy atom. The summed E-state index contributed by atoms with van der Waals surface area (Å²) in [7, 11) is -7.13. The molecule has 0 aromatic heterocycles. The van der Waals surface area contributed by atoms with Crippen molar-refractivity contribution >= 4 is 47.2 Å². The predicted octanol–water partition coefficient (Wildman–Crippen LogP) is 2.66. The van der Waals surface area contributed by atoms with E-state index in [0.717, 1.165) is 4.47 Å². The summed E-state index contributed by atoms with van der Waals surface area (Å²) < 4.78 is 49.4. The van der Waals surface area contributed by atoms with E-state index in [4.69, 9.17) is 0 Å². The van der Waals surface area contributed by atoms with E-state index in [2.05, 4.69) is 21.2 Å². The van der Waals surface area contributed by atoms with E-state index in [1.807, 2.05) is 6.07 Å². The van der Waals surface area contributed by atoms with Crippen LogP contribution in [0, 0.1) is 0 Å². The molecule has 138 valence electrons. The molecular formula is C17H16BrNO5S2. The number of rotatable bonds is 4. The molecule has 3 rings (SSSR count). The molecule has 0 spiro atoms. The Morgan fingerprint density at radius 3 is 2.50 bits per heavy atom. The van der Waals surface area contributed by atoms with Gasteiger partial charge in [-0.1, -0.05) is 28.1 Å². The van der Waals surface area contributed by atoms with Crippen molar-refractivity contribution in [2.45, 2.75) is 16.6 Å². The number of amides is 1. The third-order valence-corrected chi connectivity index (χ3v) is 8.80. The third-order valence-electron chi connectivity index (χ3n) is 4.14. The van der Waals surface area contributed by atoms with Crippen molar-refractivity contribution in [3.63, 3.8) is 0 Å². The second-order valence-corrected chi connectivity index (χ2v) is 11.4. The van der Waals surface area contributed by atoms with E-state index >= 15 is 0 Å². The number of nitrogens with one attached hydrogen (secondary N) is 1. The largest absolute Gasteiger partial charge is 0.322 e. The average Bonchev–Trinajstić information content (AvgIpc) is 2.96. The first-order valence-electron chi connectivity index (χ1n) is 7.79. The number of anilines is 1. The Hall–Kier alpha value is -1.71. The van der Waals surface area contributed by atoms with Gasteiger partial charge in [0.1, 0.15) is 0 Å². The lowest BCUT2D eigenvalue weighted by Crippen LogP contribution is -2.23. The molecule has 1 aliphatic heterocycles. The van der Waals surface area contributed by atoms with Gasteiger partial charge in [0.05, 0.1) is 21.7 Å². The second kappa shape index (κ2) is 7.13. The van der Waals surface area contributed by atoms with Gasteiger partial charge in [0.15, 0.2) is 19.7 Å². The fourth-order valence-electron chi connectivity index (χ4n) is 2.78. The van der Waals surface area contributed by atoms with Crippen LogP contribution >= 0.6 is 15.9 Å². The maximum absolute atomic E-state index is 12.7. The Labute approximate surface area is 160 Å². The zero-order valence-electron chi connectivity index (χ0n) is 13.6. The molecule has 1 saturated heterocycles. The molecule has 1 atom stereocenters. The van der Waals surface area contributed by atoms with Crippen LogP contribution in [0.3, 0.4) is 0 Å². The number of halogens is 1. The van der Waals surface area contributed by atoms with Crippen LogP contribution in [0.1, 0.15) is 16.8 Å². The molecule has 2 aromatic carbocycles. The van der Waals surface area contributed by atoms with E-state index in [0.29, 0.717) is 5.69 Å². The van der Waals surface area contributed by atoms with Crippen molar-refractivity contribution in [1.29, 1.82) is 0 Å². The van der Waals surface area contributed by atoms with Gasteiger partial charge in [-0.05, 0) is 42.8 Å². The van der Waals surface area contributed by atoms with Crippen molar-refractivity contribution < 1.29 is 21.6 Å². The lowest BCUT2D eigenvalue weighted by Gasteiger charge is -2.11. The van der Waals surface area contributed by atoms with Gasteiger partial charge in [0.2, 0.25) is 0 Å². The van der Waals surface area contributed by atoms with E-state index in [9.17, 15) is 21.6 Å². The zero-order chi connectivity index (χ0) is 18.9. The molecule has 0 aliphatic carbocycles. The minimum absolute atomic E-state index is 0.0403. The Bertz CT molecular complexity index is 1060. The predicted molar refractivity (Wildman–Crippen MR) is 103 cm³/mol. The summed E-state index contributed by atoms with van der Waals surface area (Å²) >= 11 is 3.31. The molecule has 0 saturated carbocycles. The maximum Gasteiger partial charge on any atom is 0.255 e. The first kappa shape index (κ1) is 19.1. The van der Waals surface area contributed by atoms with Crippen molar-refractivity contribution in [3.05, 3.63) is 58.6 Å². The SMILES string of the molecule is O=C(Nc1cccc(Br)c1)c1cccc(S(=O)(=O)C2CCS(=O)(=O)C2)c1. The Balaban J connectivity index is 1.85. The molecule has 9 heteroatoms. The minimum atomic E-state index is -3.81. The lowest BCUT2D eigenvalue weighted by molar-refractivity contribution is 0.102. The Kier molecular flexibility index (Phi) is 5.23. The summed E-state index contributed by atoms with van der Waals surface area (Å²) in [5.74, 6) is -0.941. The smallest absolute Gasteiger partial charge is 0.255 e. The molecular weight excluding hydrogens is 442 g/mol. The number of benzene rings is 2. The van der Waals surface area contributed by atoms with Crippen LogP contribution in [-0.2, 0) is 19.7 Å². The number of carbonyl (C=O) groups is 1. The van der Waals surface area contributed by atoms with Gasteiger partial charge in [-0.3, -0.25) is 4.79 Å². The summed E-state index contributed by atoms with van der Waals surface area (Å²) in [6, 6.07) is 12.7. The standard InChI is InChI=1S/C17H16BrNO5S2/c18-13-4-2-5-14(10-13)19-17(20)12-3-1-6-15(9-12)26(23,24)16-7-8-25(21,22)11-16/h1-6,9-10,16H,7-8,11H2,(H,19,20). The van der Waals surface area contributed by atoms with Crippen molar-refractivity contribution in [2.24, 2.45) is 0 Å². The highest BCUT2D eigenvalue weighted by Gasteiger charge is 2.38. The van der Waals surface area contributed by atoms with E-state index in [1.165, 1.54) is 24.3 Å². The normalized spacial score (nSPS) is 19.2. The highest BCUT2D eigenvalue weighted by molar-refractivity contribution is 9.10. The van der Waals surface area contributed by atoms with Crippen LogP contribution in [0.2, 0.25) is 0 Å². The highest BCUT2D eigenvalue weighted by atomic mass is 79.9. The number of hydrogen-bond acceptors (Lipinski definition) is 5. The number of carbonyl (C=O) groups excluding carboxylic acids is 1. The van der Waals surface area contributed by atoms with Gasteiger partial charge < -0.3 is 5.32 Å². The van der Waals surface area contributed by atoms with Gasteiger partial charge >= 0.3 is 0 Å². The first-order valence-corrected chi connectivity index (χ1v) is 11.9. The molecule has 1 aliphatic rings. The fraction of sp³-hybridized carbons (Fsp3) is 0.235. The highest BCUT2D eigenvalue weighted by Crippen LogP contribution is 2.26. The van der Waals surface area contributed by atoms with E-state index in [1.54, 1.807) is 18.2 Å². The van der Waals surface area contributed by atoms with E-state index < -0.39 is 30.8 Å². The van der Waals surface area contributed by atoms with Crippen LogP contribution in [-0.4, -0.2) is 39.5 Å². The molecule has 0 bridgehead atoms. The van der Waals surface area contributed by atoms with Crippen LogP contribution in [0.5, 0.6) is 0 Å². The molecule has 1 amide bonds. The van der Waals surface area contributed by atoms with Crippen LogP contribution in [0.15, 0.2) is 57.9 Å². The van der Waals surface area contributed by atoms with Gasteiger partial charge in [-0.25, -0.2) is 16.8 Å². The van der Waals surface area contributed by atoms with Crippen molar-refractivity contribution in [2.75, 3.05) is 16.8 Å². The topological polar surface area (TPSA) is 97.4 Å². The van der Waals surface area contributed by atoms with Crippen LogP contribution in [0.25, 0.3) is 0 Å². The molecule has 1 fully saturated rings. The lowest BCUT2D eigenvalue weighted by atomic mass is 10.2. The molecule has 6 nitrogen and oxygen atoms in total. The number of sulfone groups is 2. The molecule has 2 aromatic rings. The quantitative estimate of drug-likeness (QED) is 0.760. The summed E-state index contributed by atoms with van der Waals surface area (Å²) in [4.78, 5) is 12.4. The molecule has 1 heterocycles. The molecule has 1 N–H and O–H groups in total. The van der Waals surface area contributed by atoms with Crippen molar-refractivity contribution in [1.82, 2.24) is 0 Å². The average molecular weight is 458 g/mol. The molecule has 0 radical (unpaired) electrons. The van der Waals surface area contributed by atoms with Gasteiger partial charge in [-0.15, -0.1) is 0 Å². The zero-order valence-corrected chi connectivity index (χ0v) is 16.8. The van der Waals surface area contributed by atoms with Gasteiger partial charge in [-0.2, -0.15) is 0 Å². The van der Waals surface area contributed by atoms with Crippen molar-refractivity contribution in [3.8, 4) is 0 Å². The molecule has 26 heavy (non-hydrogen) atoms. The van der Waals surface area contributed by atoms with Gasteiger partial charge in [0, 0.05) is 15.7 Å². The fourth-order valence-corrected chi connectivity index (χ4v) is 7.58. The number of hydrogen-bond donors (Lipinski definition) is 1. The summed E-state index contributed by atoms with van der Waals surface area (Å²) in [5.41, 5.74) is 0.756. The minimum Gasteiger partial charge on any atom is -0.322 e. The monoisotopic (exact) mass is 457 g/mol. The van der Waals surface area contributed by atoms with Crippen LogP contribution < -0.4 is 5.32 Å². The molecule has 1 unspecified atom stereocenters. The third kappa shape index (κ3) is 4.16. The second-order valence-electron chi connectivity index (χ2n) is 6.06. The summed E-state index contributed by atoms with van der Waals surface area (Å²) in [6.07, 6.45) is 0.0825. The summed E-state index contributed by atoms with van der Waals surface area (Å²) in [6.45, 7) is 0. The van der Waals surface area contributed by atoms with E-state index in [-0.39, 0.29) is 28.4 Å². The Morgan fingerprint density at radius 2 is 1.85 bits per heavy atom. The summed E-state index contributed by atoms with van der Waals surface area (Å²) in [5, 5.41) is 1.74. The first-order chi connectivity index (χ1) is 12.2. The van der Waals surface area contributed by atoms with Gasteiger partial charge in [0.25, 0.3) is 5.91 Å². The maximum atomic E-state index is 12.7.